The number of para-hydroxylation sites is 1. The molecule has 1 atom stereocenters. The molecule has 0 unspecified atom stereocenters. The van der Waals surface area contributed by atoms with Crippen LogP contribution in [0.5, 0.6) is 11.5 Å². The highest BCUT2D eigenvalue weighted by Gasteiger charge is 2.35. The Bertz CT molecular complexity index is 1580. The molecule has 4 heterocycles. The number of piperidine rings is 1. The van der Waals surface area contributed by atoms with Gasteiger partial charge in [-0.3, -0.25) is 9.36 Å². The second kappa shape index (κ2) is 8.87. The fourth-order valence-electron chi connectivity index (χ4n) is 5.63. The van der Waals surface area contributed by atoms with Crippen molar-refractivity contribution in [3.05, 3.63) is 76.1 Å². The molecular weight excluding hydrogens is 476 g/mol. The highest BCUT2D eigenvalue weighted by Crippen LogP contribution is 2.43. The summed E-state index contributed by atoms with van der Waals surface area (Å²) in [5.41, 5.74) is 1.12. The number of nitrogens with zero attached hydrogens (tertiary/aromatic N) is 3. The second-order valence-electron chi connectivity index (χ2n) is 10.0. The molecule has 8 heteroatoms. The van der Waals surface area contributed by atoms with Crippen molar-refractivity contribution < 1.29 is 18.6 Å². The Morgan fingerprint density at radius 1 is 1.08 bits per heavy atom. The predicted molar refractivity (Wildman–Crippen MR) is 139 cm³/mol. The first-order valence-corrected chi connectivity index (χ1v) is 12.6. The van der Waals surface area contributed by atoms with E-state index in [0.717, 1.165) is 37.4 Å². The molecule has 6 rings (SSSR count). The number of rotatable bonds is 3. The van der Waals surface area contributed by atoms with Gasteiger partial charge in [0.25, 0.3) is 0 Å². The van der Waals surface area contributed by atoms with Gasteiger partial charge in [-0.05, 0) is 55.0 Å². The van der Waals surface area contributed by atoms with E-state index in [1.165, 1.54) is 22.8 Å². The summed E-state index contributed by atoms with van der Waals surface area (Å²) < 4.78 is 38.0. The summed E-state index contributed by atoms with van der Waals surface area (Å²) in [6.45, 7) is 5.15. The minimum absolute atomic E-state index is 0.0807. The van der Waals surface area contributed by atoms with Crippen LogP contribution in [0.4, 0.5) is 14.5 Å². The molecule has 2 aromatic heterocycles. The SMILES string of the molecule is CC(C)c1ccccc1-n1c(=O)c2c(c3cc(F)c(-c4c(O)cccc4F)nc31)N1CCCC[C@@H]1CO2. The number of pyridine rings is 2. The maximum atomic E-state index is 15.7. The standard InChI is InChI=1S/C29H27F2N3O3/c1-16(2)18-9-3-4-11-22(18)34-28-19(14-21(31)25(32-28)24-20(30)10-7-12-23(24)35)26-27(29(34)36)37-15-17-8-5-6-13-33(17)26/h3-4,7,9-12,14,16-17,35H,5-6,8,13,15H2,1-2H3/t17-/m1/s1. The first kappa shape index (κ1) is 23.5. The number of aromatic nitrogens is 2. The van der Waals surface area contributed by atoms with Crippen molar-refractivity contribution in [3.63, 3.8) is 0 Å². The van der Waals surface area contributed by atoms with Crippen molar-refractivity contribution in [2.45, 2.75) is 45.1 Å². The number of aromatic hydroxyl groups is 1. The minimum atomic E-state index is -0.806. The molecule has 0 saturated carbocycles. The molecule has 0 spiro atoms. The number of fused-ring (bicyclic) bond motifs is 5. The van der Waals surface area contributed by atoms with Gasteiger partial charge in [-0.25, -0.2) is 13.8 Å². The minimum Gasteiger partial charge on any atom is -0.507 e. The van der Waals surface area contributed by atoms with Crippen LogP contribution in [-0.2, 0) is 0 Å². The van der Waals surface area contributed by atoms with Gasteiger partial charge >= 0.3 is 5.56 Å². The quantitative estimate of drug-likeness (QED) is 0.376. The van der Waals surface area contributed by atoms with Crippen molar-refractivity contribution in [2.75, 3.05) is 18.1 Å². The maximum absolute atomic E-state index is 15.7. The molecule has 0 aliphatic carbocycles. The Labute approximate surface area is 212 Å². The lowest BCUT2D eigenvalue weighted by Gasteiger charge is -2.42. The molecule has 1 fully saturated rings. The van der Waals surface area contributed by atoms with Crippen LogP contribution < -0.4 is 15.2 Å². The largest absolute Gasteiger partial charge is 0.507 e. The van der Waals surface area contributed by atoms with E-state index in [0.29, 0.717) is 23.4 Å². The van der Waals surface area contributed by atoms with E-state index in [1.807, 2.05) is 38.1 Å². The molecular formula is C29H27F2N3O3. The Hall–Kier alpha value is -3.94. The van der Waals surface area contributed by atoms with Gasteiger partial charge in [0.05, 0.1) is 23.0 Å². The summed E-state index contributed by atoms with van der Waals surface area (Å²) in [5.74, 6) is -1.78. The van der Waals surface area contributed by atoms with E-state index in [1.54, 1.807) is 0 Å². The number of benzene rings is 2. The number of halogens is 2. The number of hydrogen-bond donors (Lipinski definition) is 1. The van der Waals surface area contributed by atoms with Crippen LogP contribution in [0, 0.1) is 11.6 Å². The van der Waals surface area contributed by atoms with Crippen LogP contribution in [-0.4, -0.2) is 33.9 Å². The molecule has 1 N–H and O–H groups in total. The van der Waals surface area contributed by atoms with Crippen LogP contribution in [0.2, 0.25) is 0 Å². The van der Waals surface area contributed by atoms with Gasteiger partial charge in [0.15, 0.2) is 11.5 Å². The Morgan fingerprint density at radius 3 is 2.68 bits per heavy atom. The Kier molecular flexibility index (Phi) is 5.62. The molecule has 2 aliphatic rings. The number of hydrogen-bond acceptors (Lipinski definition) is 5. The average Bonchev–Trinajstić information content (AvgIpc) is 2.89. The third-order valence-corrected chi connectivity index (χ3v) is 7.40. The summed E-state index contributed by atoms with van der Waals surface area (Å²) in [6.07, 6.45) is 2.92. The van der Waals surface area contributed by atoms with Crippen LogP contribution >= 0.6 is 0 Å². The molecule has 1 saturated heterocycles. The molecule has 0 radical (unpaired) electrons. The van der Waals surface area contributed by atoms with Gasteiger partial charge < -0.3 is 14.7 Å². The zero-order chi connectivity index (χ0) is 25.8. The van der Waals surface area contributed by atoms with Gasteiger partial charge in [-0.15, -0.1) is 0 Å². The summed E-state index contributed by atoms with van der Waals surface area (Å²) >= 11 is 0. The Morgan fingerprint density at radius 2 is 1.89 bits per heavy atom. The normalized spacial score (nSPS) is 17.0. The fraction of sp³-hybridized carbons (Fsp3) is 0.310. The first-order chi connectivity index (χ1) is 17.9. The summed E-state index contributed by atoms with van der Waals surface area (Å²) in [4.78, 5) is 20.8. The lowest BCUT2D eigenvalue weighted by atomic mass is 9.98. The molecule has 6 nitrogen and oxygen atoms in total. The van der Waals surface area contributed by atoms with Gasteiger partial charge in [-0.2, -0.15) is 0 Å². The molecule has 2 aromatic carbocycles. The van der Waals surface area contributed by atoms with Crippen molar-refractivity contribution in [1.29, 1.82) is 0 Å². The van der Waals surface area contributed by atoms with Crippen molar-refractivity contribution in [2.24, 2.45) is 0 Å². The smallest absolute Gasteiger partial charge is 0.301 e. The van der Waals surface area contributed by atoms with Crippen LogP contribution in [0.1, 0.15) is 44.6 Å². The number of phenolic OH excluding ortho intramolecular Hbond substituents is 1. The summed E-state index contributed by atoms with van der Waals surface area (Å²) in [7, 11) is 0. The van der Waals surface area contributed by atoms with Crippen molar-refractivity contribution in [3.8, 4) is 28.4 Å². The van der Waals surface area contributed by atoms with Gasteiger partial charge in [0, 0.05) is 11.9 Å². The van der Waals surface area contributed by atoms with Crippen molar-refractivity contribution >= 4 is 16.7 Å². The molecule has 4 aromatic rings. The van der Waals surface area contributed by atoms with Crippen LogP contribution in [0.15, 0.2) is 53.3 Å². The Balaban J connectivity index is 1.75. The zero-order valence-electron chi connectivity index (χ0n) is 20.7. The molecule has 190 valence electrons. The van der Waals surface area contributed by atoms with E-state index in [4.69, 9.17) is 4.74 Å². The molecule has 2 aliphatic heterocycles. The molecule has 0 amide bonds. The topological polar surface area (TPSA) is 67.6 Å². The molecule has 37 heavy (non-hydrogen) atoms. The van der Waals surface area contributed by atoms with E-state index in [2.05, 4.69) is 9.88 Å². The van der Waals surface area contributed by atoms with E-state index >= 15 is 4.39 Å². The lowest BCUT2D eigenvalue weighted by Crippen LogP contribution is -2.48. The second-order valence-corrected chi connectivity index (χ2v) is 10.0. The van der Waals surface area contributed by atoms with Gasteiger partial charge in [0.2, 0.25) is 5.75 Å². The fourth-order valence-corrected chi connectivity index (χ4v) is 5.63. The van der Waals surface area contributed by atoms with Crippen molar-refractivity contribution in [1.82, 2.24) is 9.55 Å². The first-order valence-electron chi connectivity index (χ1n) is 12.6. The highest BCUT2D eigenvalue weighted by atomic mass is 19.1. The summed E-state index contributed by atoms with van der Waals surface area (Å²) in [6, 6.07) is 12.6. The zero-order valence-corrected chi connectivity index (χ0v) is 20.7. The monoisotopic (exact) mass is 503 g/mol. The lowest BCUT2D eigenvalue weighted by molar-refractivity contribution is 0.237. The molecule has 0 bridgehead atoms. The number of phenols is 1. The van der Waals surface area contributed by atoms with Crippen LogP contribution in [0.25, 0.3) is 28.0 Å². The predicted octanol–water partition coefficient (Wildman–Crippen LogP) is 5.91. The maximum Gasteiger partial charge on any atom is 0.301 e. The third-order valence-electron chi connectivity index (χ3n) is 7.40. The van der Waals surface area contributed by atoms with Gasteiger partial charge in [0.1, 0.15) is 23.9 Å². The van der Waals surface area contributed by atoms with E-state index in [-0.39, 0.29) is 34.6 Å². The van der Waals surface area contributed by atoms with E-state index < -0.39 is 22.9 Å². The van der Waals surface area contributed by atoms with Gasteiger partial charge in [-0.1, -0.05) is 38.1 Å². The van der Waals surface area contributed by atoms with Crippen LogP contribution in [0.3, 0.4) is 0 Å². The number of ether oxygens (including phenoxy) is 1. The summed E-state index contributed by atoms with van der Waals surface area (Å²) in [5, 5.41) is 10.8. The average molecular weight is 504 g/mol. The highest BCUT2D eigenvalue weighted by molar-refractivity contribution is 5.96. The van der Waals surface area contributed by atoms with E-state index in [9.17, 15) is 14.3 Å². The third kappa shape index (κ3) is 3.65. The number of anilines is 1.